The van der Waals surface area contributed by atoms with Crippen LogP contribution < -0.4 is 4.90 Å². The Bertz CT molecular complexity index is 3400. The third kappa shape index (κ3) is 6.88. The Morgan fingerprint density at radius 1 is 0.343 bits per heavy atom. The maximum absolute atomic E-state index is 2.53. The lowest BCUT2D eigenvalue weighted by Crippen LogP contribution is -2.17. The molecule has 0 aliphatic heterocycles. The van der Waals surface area contributed by atoms with Gasteiger partial charge in [-0.15, -0.1) is 0 Å². The fourth-order valence-corrected chi connectivity index (χ4v) is 11.5. The van der Waals surface area contributed by atoms with Gasteiger partial charge in [-0.05, 0) is 135 Å². The van der Waals surface area contributed by atoms with Crippen LogP contribution >= 0.6 is 0 Å². The fourth-order valence-electron chi connectivity index (χ4n) is 11.5. The van der Waals surface area contributed by atoms with Gasteiger partial charge < -0.3 is 4.90 Å². The molecule has 9 aromatic rings. The maximum Gasteiger partial charge on any atom is 0.0540 e. The number of benzene rings is 9. The van der Waals surface area contributed by atoms with Crippen molar-refractivity contribution in [1.82, 2.24) is 0 Å². The number of para-hydroxylation sites is 1. The summed E-state index contributed by atoms with van der Waals surface area (Å²) in [4.78, 5) is 2.53. The first-order chi connectivity index (χ1) is 32.0. The predicted molar refractivity (Wildman–Crippen MR) is 287 cm³/mol. The van der Waals surface area contributed by atoms with Crippen LogP contribution in [0.15, 0.2) is 188 Å². The molecule has 2 aliphatic rings. The van der Waals surface area contributed by atoms with E-state index in [9.17, 15) is 0 Å². The lowest BCUT2D eigenvalue weighted by Gasteiger charge is -2.31. The highest BCUT2D eigenvalue weighted by Gasteiger charge is 2.38. The van der Waals surface area contributed by atoms with Crippen molar-refractivity contribution in [2.45, 2.75) is 90.9 Å². The molecule has 1 nitrogen and oxygen atoms in total. The smallest absolute Gasteiger partial charge is 0.0540 e. The Labute approximate surface area is 398 Å². The van der Waals surface area contributed by atoms with E-state index >= 15 is 0 Å². The molecule has 1 heteroatoms. The molecule has 0 fully saturated rings. The molecule has 9 aromatic carbocycles. The zero-order chi connectivity index (χ0) is 46.6. The van der Waals surface area contributed by atoms with Gasteiger partial charge in [0.1, 0.15) is 0 Å². The van der Waals surface area contributed by atoms with Crippen molar-refractivity contribution in [3.63, 3.8) is 0 Å². The lowest BCUT2D eigenvalue weighted by atomic mass is 9.78. The lowest BCUT2D eigenvalue weighted by molar-refractivity contribution is 0.569. The molecule has 67 heavy (non-hydrogen) atoms. The normalized spacial score (nSPS) is 14.4. The van der Waals surface area contributed by atoms with Crippen LogP contribution in [0.3, 0.4) is 0 Å². The SMILES string of the molecule is CC(C)(C)c1cc(-c2cccc3cccc(-c4ccccc4N(c4cccc(-c5cccc6c5C(C)(C)c5ccccc5-6)c4)c4ccc5c(c4)C(C)(C)c4ccccc4-5)c23)cc(C(C)(C)C)c1. The number of fused-ring (bicyclic) bond motifs is 7. The van der Waals surface area contributed by atoms with Crippen molar-refractivity contribution in [1.29, 1.82) is 0 Å². The van der Waals surface area contributed by atoms with Crippen molar-refractivity contribution in [3.05, 3.63) is 221 Å². The van der Waals surface area contributed by atoms with Gasteiger partial charge in [-0.2, -0.15) is 0 Å². The molecule has 0 unspecified atom stereocenters. The van der Waals surface area contributed by atoms with Gasteiger partial charge in [0, 0.05) is 27.8 Å². The van der Waals surface area contributed by atoms with Crippen molar-refractivity contribution in [3.8, 4) is 55.6 Å². The molecule has 0 amide bonds. The van der Waals surface area contributed by atoms with Gasteiger partial charge in [0.25, 0.3) is 0 Å². The monoisotopic (exact) mass is 867 g/mol. The standard InChI is InChI=1S/C66H61N/c1-63(2,3)45-37-44(38-46(40-45)64(4,5)6)49-28-18-21-42-22-19-30-55(61(42)49)54-27-13-16-34-60(54)67(48-35-36-53-51-25-11-14-32-57(51)65(7,8)59(53)41-48)47-24-17-23-43(39-47)50-29-20-31-56-52-26-12-15-33-58(52)66(9,10)62(50)56/h11-41H,1-10H3. The van der Waals surface area contributed by atoms with E-state index in [1.807, 2.05) is 0 Å². The number of hydrogen-bond donors (Lipinski definition) is 0. The van der Waals surface area contributed by atoms with E-state index in [2.05, 4.69) is 262 Å². The Hall–Kier alpha value is -6.96. The fraction of sp³-hybridized carbons (Fsp3) is 0.212. The molecular weight excluding hydrogens is 807 g/mol. The minimum atomic E-state index is -0.155. The van der Waals surface area contributed by atoms with Crippen molar-refractivity contribution in [2.75, 3.05) is 4.90 Å². The van der Waals surface area contributed by atoms with E-state index in [-0.39, 0.29) is 21.7 Å². The van der Waals surface area contributed by atoms with E-state index in [1.54, 1.807) is 0 Å². The van der Waals surface area contributed by atoms with Gasteiger partial charge >= 0.3 is 0 Å². The predicted octanol–water partition coefficient (Wildman–Crippen LogP) is 18.5. The second-order valence-electron chi connectivity index (χ2n) is 22.2. The maximum atomic E-state index is 2.53. The van der Waals surface area contributed by atoms with Crippen molar-refractivity contribution >= 4 is 27.8 Å². The van der Waals surface area contributed by atoms with Crippen LogP contribution in [0, 0.1) is 0 Å². The first-order valence-corrected chi connectivity index (χ1v) is 24.2. The Morgan fingerprint density at radius 2 is 0.851 bits per heavy atom. The van der Waals surface area contributed by atoms with E-state index in [0.29, 0.717) is 0 Å². The van der Waals surface area contributed by atoms with Crippen LogP contribution in [0.5, 0.6) is 0 Å². The molecule has 0 saturated carbocycles. The number of hydrogen-bond acceptors (Lipinski definition) is 1. The Kier molecular flexibility index (Phi) is 9.74. The second-order valence-corrected chi connectivity index (χ2v) is 22.2. The van der Waals surface area contributed by atoms with Crippen LogP contribution in [-0.2, 0) is 21.7 Å². The summed E-state index contributed by atoms with van der Waals surface area (Å²) in [6, 6.07) is 71.4. The Balaban J connectivity index is 1.15. The van der Waals surface area contributed by atoms with E-state index in [0.717, 1.165) is 17.1 Å². The first kappa shape index (κ1) is 42.7. The summed E-state index contributed by atoms with van der Waals surface area (Å²) in [6.07, 6.45) is 0. The molecule has 11 rings (SSSR count). The molecule has 2 aliphatic carbocycles. The van der Waals surface area contributed by atoms with Crippen LogP contribution in [0.4, 0.5) is 17.1 Å². The molecule has 0 spiro atoms. The third-order valence-electron chi connectivity index (χ3n) is 15.1. The molecule has 0 radical (unpaired) electrons. The topological polar surface area (TPSA) is 3.24 Å². The van der Waals surface area contributed by atoms with Gasteiger partial charge in [-0.3, -0.25) is 0 Å². The molecule has 0 bridgehead atoms. The minimum absolute atomic E-state index is 0.00355. The van der Waals surface area contributed by atoms with Gasteiger partial charge in [-0.25, -0.2) is 0 Å². The zero-order valence-electron chi connectivity index (χ0n) is 40.8. The summed E-state index contributed by atoms with van der Waals surface area (Å²) in [5.41, 5.74) is 24.1. The van der Waals surface area contributed by atoms with Crippen molar-refractivity contribution in [2.24, 2.45) is 0 Å². The van der Waals surface area contributed by atoms with Crippen LogP contribution in [0.25, 0.3) is 66.4 Å². The number of anilines is 3. The quantitative estimate of drug-likeness (QED) is 0.161. The number of nitrogens with zero attached hydrogens (tertiary/aromatic N) is 1. The van der Waals surface area contributed by atoms with Gasteiger partial charge in [0.15, 0.2) is 0 Å². The highest BCUT2D eigenvalue weighted by molar-refractivity contribution is 6.09. The van der Waals surface area contributed by atoms with Crippen molar-refractivity contribution < 1.29 is 0 Å². The first-order valence-electron chi connectivity index (χ1n) is 24.2. The second kappa shape index (κ2) is 15.3. The number of rotatable bonds is 6. The average molecular weight is 868 g/mol. The summed E-state index contributed by atoms with van der Waals surface area (Å²) < 4.78 is 0. The summed E-state index contributed by atoms with van der Waals surface area (Å²) in [5, 5.41) is 2.50. The van der Waals surface area contributed by atoms with Gasteiger partial charge in [-0.1, -0.05) is 227 Å². The van der Waals surface area contributed by atoms with Crippen LogP contribution in [-0.4, -0.2) is 0 Å². The summed E-state index contributed by atoms with van der Waals surface area (Å²) in [5.74, 6) is 0. The molecule has 0 heterocycles. The molecule has 0 saturated heterocycles. The molecule has 0 aromatic heterocycles. The molecule has 0 atom stereocenters. The van der Waals surface area contributed by atoms with Gasteiger partial charge in [0.05, 0.1) is 5.69 Å². The highest BCUT2D eigenvalue weighted by Crippen LogP contribution is 2.54. The Morgan fingerprint density at radius 3 is 1.54 bits per heavy atom. The largest absolute Gasteiger partial charge is 0.310 e. The summed E-state index contributed by atoms with van der Waals surface area (Å²) in [6.45, 7) is 23.5. The molecular formula is C66H61N. The average Bonchev–Trinajstić information content (AvgIpc) is 3.70. The molecule has 330 valence electrons. The van der Waals surface area contributed by atoms with E-state index in [4.69, 9.17) is 0 Å². The minimum Gasteiger partial charge on any atom is -0.310 e. The summed E-state index contributed by atoms with van der Waals surface area (Å²) >= 11 is 0. The van der Waals surface area contributed by atoms with E-state index in [1.165, 1.54) is 99.8 Å². The molecule has 0 N–H and O–H groups in total. The zero-order valence-corrected chi connectivity index (χ0v) is 40.8. The highest BCUT2D eigenvalue weighted by atomic mass is 15.1. The van der Waals surface area contributed by atoms with E-state index < -0.39 is 0 Å². The summed E-state index contributed by atoms with van der Waals surface area (Å²) in [7, 11) is 0. The van der Waals surface area contributed by atoms with Crippen LogP contribution in [0.1, 0.15) is 103 Å². The van der Waals surface area contributed by atoms with Gasteiger partial charge in [0.2, 0.25) is 0 Å². The third-order valence-corrected chi connectivity index (χ3v) is 15.1. The van der Waals surface area contributed by atoms with Crippen LogP contribution in [0.2, 0.25) is 0 Å².